The van der Waals surface area contributed by atoms with Crippen molar-refractivity contribution in [2.45, 2.75) is 0 Å². The lowest BCUT2D eigenvalue weighted by Gasteiger charge is -2.10. The summed E-state index contributed by atoms with van der Waals surface area (Å²) in [6, 6.07) is 5.38. The van der Waals surface area contributed by atoms with Crippen molar-refractivity contribution in [2.24, 2.45) is 0 Å². The summed E-state index contributed by atoms with van der Waals surface area (Å²) in [5.74, 6) is -1.06. The Morgan fingerprint density at radius 2 is 2.20 bits per heavy atom. The summed E-state index contributed by atoms with van der Waals surface area (Å²) in [5.41, 5.74) is 5.55. The second kappa shape index (κ2) is 5.43. The molecule has 0 aliphatic carbocycles. The summed E-state index contributed by atoms with van der Waals surface area (Å²) >= 11 is 0. The first-order chi connectivity index (χ1) is 9.51. The number of nitrogen functional groups attached to an aromatic ring is 1. The number of aromatic carboxylic acids is 1. The predicted molar refractivity (Wildman–Crippen MR) is 71.8 cm³/mol. The van der Waals surface area contributed by atoms with Crippen LogP contribution in [0.15, 0.2) is 30.5 Å². The lowest BCUT2D eigenvalue weighted by Crippen LogP contribution is -2.05. The molecule has 1 heterocycles. The van der Waals surface area contributed by atoms with Gasteiger partial charge in [-0.25, -0.2) is 14.2 Å². The Bertz CT molecular complexity index is 661. The number of halogens is 1. The number of hydrogen-bond acceptors (Lipinski definition) is 5. The number of methoxy groups -OCH3 is 1. The fourth-order valence-corrected chi connectivity index (χ4v) is 1.58. The summed E-state index contributed by atoms with van der Waals surface area (Å²) in [5, 5.41) is 11.6. The van der Waals surface area contributed by atoms with Crippen LogP contribution >= 0.6 is 0 Å². The summed E-state index contributed by atoms with van der Waals surface area (Å²) in [6.45, 7) is 0. The maximum absolute atomic E-state index is 13.6. The molecule has 0 saturated heterocycles. The number of anilines is 3. The maximum Gasteiger partial charge on any atom is 0.337 e. The fourth-order valence-electron chi connectivity index (χ4n) is 1.58. The minimum Gasteiger partial charge on any atom is -0.497 e. The number of nitrogens with zero attached hydrogens (tertiary/aromatic N) is 1. The van der Waals surface area contributed by atoms with Crippen LogP contribution in [0.1, 0.15) is 10.4 Å². The van der Waals surface area contributed by atoms with Crippen molar-refractivity contribution in [1.82, 2.24) is 4.98 Å². The van der Waals surface area contributed by atoms with Crippen molar-refractivity contribution in [1.29, 1.82) is 0 Å². The van der Waals surface area contributed by atoms with Crippen molar-refractivity contribution < 1.29 is 19.0 Å². The van der Waals surface area contributed by atoms with Crippen LogP contribution in [0.5, 0.6) is 5.75 Å². The van der Waals surface area contributed by atoms with Gasteiger partial charge < -0.3 is 20.9 Å². The molecular formula is C13H12FN3O3. The second-order valence-electron chi connectivity index (χ2n) is 3.93. The van der Waals surface area contributed by atoms with Crippen molar-refractivity contribution in [3.8, 4) is 5.75 Å². The van der Waals surface area contributed by atoms with E-state index in [1.807, 2.05) is 0 Å². The van der Waals surface area contributed by atoms with Crippen LogP contribution in [-0.4, -0.2) is 23.2 Å². The Labute approximate surface area is 114 Å². The number of carbonyl (C=O) groups is 1. The van der Waals surface area contributed by atoms with Crippen LogP contribution in [-0.2, 0) is 0 Å². The third kappa shape index (κ3) is 2.77. The Hall–Kier alpha value is -2.83. The van der Waals surface area contributed by atoms with Crippen molar-refractivity contribution >= 4 is 23.2 Å². The summed E-state index contributed by atoms with van der Waals surface area (Å²) in [7, 11) is 1.46. The van der Waals surface area contributed by atoms with E-state index < -0.39 is 11.8 Å². The number of carboxylic acid groups (broad SMARTS) is 1. The third-order valence-electron chi connectivity index (χ3n) is 2.60. The average Bonchev–Trinajstić information content (AvgIpc) is 2.43. The molecular weight excluding hydrogens is 265 g/mol. The lowest BCUT2D eigenvalue weighted by molar-refractivity contribution is 0.0698. The predicted octanol–water partition coefficient (Wildman–Crippen LogP) is 2.25. The minimum atomic E-state index is -1.18. The van der Waals surface area contributed by atoms with Crippen molar-refractivity contribution in [3.05, 3.63) is 41.8 Å². The molecule has 0 fully saturated rings. The minimum absolute atomic E-state index is 0.0363. The molecule has 0 amide bonds. The van der Waals surface area contributed by atoms with Gasteiger partial charge in [-0.05, 0) is 18.2 Å². The van der Waals surface area contributed by atoms with Crippen molar-refractivity contribution in [3.63, 3.8) is 0 Å². The third-order valence-corrected chi connectivity index (χ3v) is 2.60. The molecule has 0 unspecified atom stereocenters. The molecule has 0 aliphatic rings. The van der Waals surface area contributed by atoms with E-state index >= 15 is 0 Å². The number of ether oxygens (including phenoxy) is 1. The lowest BCUT2D eigenvalue weighted by atomic mass is 10.2. The zero-order chi connectivity index (χ0) is 14.7. The van der Waals surface area contributed by atoms with E-state index in [1.165, 1.54) is 37.6 Å². The van der Waals surface area contributed by atoms with Crippen LogP contribution in [0.3, 0.4) is 0 Å². The van der Waals surface area contributed by atoms with Gasteiger partial charge in [-0.3, -0.25) is 0 Å². The van der Waals surface area contributed by atoms with Gasteiger partial charge in [0, 0.05) is 6.07 Å². The normalized spacial score (nSPS) is 10.1. The highest BCUT2D eigenvalue weighted by Crippen LogP contribution is 2.25. The van der Waals surface area contributed by atoms with Crippen LogP contribution in [0.4, 0.5) is 21.6 Å². The number of nitrogens with two attached hydrogens (primary N) is 1. The molecule has 2 rings (SSSR count). The van der Waals surface area contributed by atoms with Gasteiger partial charge in [0.2, 0.25) is 0 Å². The van der Waals surface area contributed by atoms with Crippen LogP contribution in [0, 0.1) is 5.82 Å². The number of aromatic nitrogens is 1. The first-order valence-electron chi connectivity index (χ1n) is 5.60. The zero-order valence-electron chi connectivity index (χ0n) is 10.6. The van der Waals surface area contributed by atoms with E-state index in [9.17, 15) is 9.18 Å². The van der Waals surface area contributed by atoms with Crippen molar-refractivity contribution in [2.75, 3.05) is 18.2 Å². The molecule has 1 aromatic carbocycles. The SMILES string of the molecule is COc1ccc(F)c(Nc2cc(C(=O)O)c(N)cn2)c1. The first-order valence-corrected chi connectivity index (χ1v) is 5.60. The highest BCUT2D eigenvalue weighted by atomic mass is 19.1. The number of hydrogen-bond donors (Lipinski definition) is 3. The largest absolute Gasteiger partial charge is 0.497 e. The molecule has 0 aliphatic heterocycles. The maximum atomic E-state index is 13.6. The Morgan fingerprint density at radius 3 is 2.85 bits per heavy atom. The zero-order valence-corrected chi connectivity index (χ0v) is 10.6. The van der Waals surface area contributed by atoms with E-state index in [0.717, 1.165) is 0 Å². The average molecular weight is 277 g/mol. The highest BCUT2D eigenvalue weighted by Gasteiger charge is 2.11. The number of rotatable bonds is 4. The molecule has 6 nitrogen and oxygen atoms in total. The van der Waals surface area contributed by atoms with Crippen LogP contribution in [0.25, 0.3) is 0 Å². The Morgan fingerprint density at radius 1 is 1.45 bits per heavy atom. The number of nitrogens with one attached hydrogen (secondary N) is 1. The summed E-state index contributed by atoms with van der Waals surface area (Å²) in [4.78, 5) is 14.9. The first kappa shape index (κ1) is 13.6. The molecule has 4 N–H and O–H groups in total. The highest BCUT2D eigenvalue weighted by molar-refractivity contribution is 5.94. The molecule has 0 radical (unpaired) electrons. The standard InChI is InChI=1S/C13H12FN3O3/c1-20-7-2-3-9(14)11(4-7)17-12-5-8(13(18)19)10(15)6-16-12/h2-6H,15H2,1H3,(H,16,17)(H,18,19). The molecule has 20 heavy (non-hydrogen) atoms. The molecule has 1 aromatic heterocycles. The van der Waals surface area contributed by atoms with E-state index in [4.69, 9.17) is 15.6 Å². The molecule has 0 spiro atoms. The van der Waals surface area contributed by atoms with Gasteiger partial charge >= 0.3 is 5.97 Å². The van der Waals surface area contributed by atoms with Crippen LogP contribution in [0.2, 0.25) is 0 Å². The fraction of sp³-hybridized carbons (Fsp3) is 0.0769. The molecule has 0 saturated carbocycles. The molecule has 104 valence electrons. The van der Waals surface area contributed by atoms with E-state index in [1.54, 1.807) is 0 Å². The van der Waals surface area contributed by atoms with E-state index in [2.05, 4.69) is 10.3 Å². The Balaban J connectivity index is 2.35. The molecule has 7 heteroatoms. The monoisotopic (exact) mass is 277 g/mol. The second-order valence-corrected chi connectivity index (χ2v) is 3.93. The topological polar surface area (TPSA) is 97.5 Å². The quantitative estimate of drug-likeness (QED) is 0.793. The Kier molecular flexibility index (Phi) is 3.69. The van der Waals surface area contributed by atoms with E-state index in [-0.39, 0.29) is 22.8 Å². The molecule has 0 atom stereocenters. The molecule has 2 aromatic rings. The summed E-state index contributed by atoms with van der Waals surface area (Å²) in [6.07, 6.45) is 1.20. The number of benzene rings is 1. The van der Waals surface area contributed by atoms with Gasteiger partial charge in [0.25, 0.3) is 0 Å². The number of carboxylic acids is 1. The molecule has 0 bridgehead atoms. The smallest absolute Gasteiger partial charge is 0.337 e. The van der Waals surface area contributed by atoms with Gasteiger partial charge in [-0.15, -0.1) is 0 Å². The van der Waals surface area contributed by atoms with E-state index in [0.29, 0.717) is 5.75 Å². The van der Waals surface area contributed by atoms with Gasteiger partial charge in [0.1, 0.15) is 17.4 Å². The summed E-state index contributed by atoms with van der Waals surface area (Å²) < 4.78 is 18.6. The van der Waals surface area contributed by atoms with Gasteiger partial charge in [-0.1, -0.05) is 0 Å². The van der Waals surface area contributed by atoms with Gasteiger partial charge in [0.05, 0.1) is 30.2 Å². The van der Waals surface area contributed by atoms with Gasteiger partial charge in [-0.2, -0.15) is 0 Å². The van der Waals surface area contributed by atoms with Gasteiger partial charge in [0.15, 0.2) is 0 Å². The number of pyridine rings is 1. The van der Waals surface area contributed by atoms with Crippen LogP contribution < -0.4 is 15.8 Å².